The molecule has 0 saturated carbocycles. The number of nitrogens with zero attached hydrogens (tertiary/aromatic N) is 2. The maximum absolute atomic E-state index is 12.7. The zero-order valence-electron chi connectivity index (χ0n) is 14.1. The third kappa shape index (κ3) is 3.96. The summed E-state index contributed by atoms with van der Waals surface area (Å²) < 4.78 is 1.05. The van der Waals surface area contributed by atoms with Gasteiger partial charge in [0.15, 0.2) is 0 Å². The Bertz CT molecular complexity index is 747. The Balaban J connectivity index is 1.76. The number of hydrogen-bond acceptors (Lipinski definition) is 3. The van der Waals surface area contributed by atoms with Crippen LogP contribution in [-0.2, 0) is 0 Å². The summed E-state index contributed by atoms with van der Waals surface area (Å²) >= 11 is 3.54. The minimum Gasteiger partial charge on any atom is -0.354 e. The van der Waals surface area contributed by atoms with Crippen molar-refractivity contribution in [2.24, 2.45) is 5.92 Å². The van der Waals surface area contributed by atoms with Gasteiger partial charge in [-0.1, -0.05) is 28.9 Å². The van der Waals surface area contributed by atoms with Crippen molar-refractivity contribution in [1.29, 1.82) is 0 Å². The molecule has 1 amide bonds. The summed E-state index contributed by atoms with van der Waals surface area (Å²) in [4.78, 5) is 18.9. The first-order valence-corrected chi connectivity index (χ1v) is 9.10. The first-order chi connectivity index (χ1) is 11.5. The largest absolute Gasteiger partial charge is 0.354 e. The van der Waals surface area contributed by atoms with Gasteiger partial charge in [-0.2, -0.15) is 0 Å². The molecule has 0 bridgehead atoms. The van der Waals surface area contributed by atoms with Gasteiger partial charge in [0.1, 0.15) is 0 Å². The summed E-state index contributed by atoms with van der Waals surface area (Å²) in [7, 11) is 0. The van der Waals surface area contributed by atoms with E-state index >= 15 is 0 Å². The molecule has 4 nitrogen and oxygen atoms in total. The summed E-state index contributed by atoms with van der Waals surface area (Å²) in [6.45, 7) is 5.92. The highest BCUT2D eigenvalue weighted by atomic mass is 79.9. The normalized spacial score (nSPS) is 17.6. The minimum atomic E-state index is 0.0720. The second kappa shape index (κ2) is 7.34. The molecule has 1 fully saturated rings. The predicted octanol–water partition coefficient (Wildman–Crippen LogP) is 4.77. The first-order valence-electron chi connectivity index (χ1n) is 8.30. The third-order valence-corrected chi connectivity index (χ3v) is 5.24. The number of hydrogen-bond donors (Lipinski definition) is 1. The monoisotopic (exact) mass is 387 g/mol. The zero-order chi connectivity index (χ0) is 17.1. The fourth-order valence-electron chi connectivity index (χ4n) is 3.02. The van der Waals surface area contributed by atoms with Crippen molar-refractivity contribution in [3.63, 3.8) is 0 Å². The van der Waals surface area contributed by atoms with Crippen LogP contribution in [0.4, 0.5) is 11.4 Å². The molecule has 2 aromatic rings. The van der Waals surface area contributed by atoms with E-state index in [4.69, 9.17) is 0 Å². The van der Waals surface area contributed by atoms with Gasteiger partial charge in [-0.25, -0.2) is 0 Å². The van der Waals surface area contributed by atoms with E-state index in [-0.39, 0.29) is 5.91 Å². The Morgan fingerprint density at radius 2 is 2.12 bits per heavy atom. The second-order valence-electron chi connectivity index (χ2n) is 6.55. The number of carbonyl (C=O) groups excluding carboxylic acids is 1. The van der Waals surface area contributed by atoms with E-state index in [1.807, 2.05) is 36.1 Å². The maximum atomic E-state index is 12.7. The minimum absolute atomic E-state index is 0.0720. The maximum Gasteiger partial charge on any atom is 0.255 e. The van der Waals surface area contributed by atoms with Crippen LogP contribution in [0, 0.1) is 12.8 Å². The van der Waals surface area contributed by atoms with Crippen molar-refractivity contribution < 1.29 is 4.79 Å². The molecule has 1 aliphatic heterocycles. The van der Waals surface area contributed by atoms with Crippen molar-refractivity contribution in [1.82, 2.24) is 9.88 Å². The summed E-state index contributed by atoms with van der Waals surface area (Å²) in [5, 5.41) is 3.32. The lowest BCUT2D eigenvalue weighted by Gasteiger charge is -2.31. The molecular weight excluding hydrogens is 366 g/mol. The molecule has 1 saturated heterocycles. The number of aromatic nitrogens is 1. The highest BCUT2D eigenvalue weighted by Crippen LogP contribution is 2.24. The number of anilines is 2. The van der Waals surface area contributed by atoms with Crippen LogP contribution in [0.5, 0.6) is 0 Å². The van der Waals surface area contributed by atoms with Gasteiger partial charge >= 0.3 is 0 Å². The van der Waals surface area contributed by atoms with Crippen LogP contribution in [0.25, 0.3) is 0 Å². The number of halogens is 1. The Kier molecular flexibility index (Phi) is 5.19. The van der Waals surface area contributed by atoms with Crippen LogP contribution in [0.2, 0.25) is 0 Å². The highest BCUT2D eigenvalue weighted by molar-refractivity contribution is 9.10. The van der Waals surface area contributed by atoms with Crippen molar-refractivity contribution >= 4 is 33.2 Å². The molecular formula is C19H22BrN3O. The number of pyridine rings is 1. The van der Waals surface area contributed by atoms with Crippen LogP contribution in [0.15, 0.2) is 41.1 Å². The van der Waals surface area contributed by atoms with Crippen LogP contribution in [-0.4, -0.2) is 28.9 Å². The smallest absolute Gasteiger partial charge is 0.255 e. The van der Waals surface area contributed by atoms with E-state index in [9.17, 15) is 4.79 Å². The SMILES string of the molecule is Cc1ccc(Nc2cncc(C(=O)N3CCCC(C)C3)c2)cc1Br. The standard InChI is InChI=1S/C19H22BrN3O/c1-13-4-3-7-23(12-13)19(24)15-8-17(11-21-10-15)22-16-6-5-14(2)18(20)9-16/h5-6,8-11,13,22H,3-4,7,12H2,1-2H3. The van der Waals surface area contributed by atoms with E-state index < -0.39 is 0 Å². The van der Waals surface area contributed by atoms with E-state index in [2.05, 4.69) is 33.2 Å². The Labute approximate surface area is 151 Å². The number of nitrogens with one attached hydrogen (secondary N) is 1. The molecule has 0 spiro atoms. The number of aryl methyl sites for hydroxylation is 1. The fourth-order valence-corrected chi connectivity index (χ4v) is 3.40. The Morgan fingerprint density at radius 1 is 1.29 bits per heavy atom. The lowest BCUT2D eigenvalue weighted by molar-refractivity contribution is 0.0682. The van der Waals surface area contributed by atoms with Crippen LogP contribution >= 0.6 is 15.9 Å². The fraction of sp³-hybridized carbons (Fsp3) is 0.368. The summed E-state index contributed by atoms with van der Waals surface area (Å²) in [6, 6.07) is 7.96. The molecule has 0 aliphatic carbocycles. The molecule has 3 rings (SSSR count). The molecule has 1 unspecified atom stereocenters. The highest BCUT2D eigenvalue weighted by Gasteiger charge is 2.22. The van der Waals surface area contributed by atoms with Crippen LogP contribution < -0.4 is 5.32 Å². The van der Waals surface area contributed by atoms with Crippen LogP contribution in [0.3, 0.4) is 0 Å². The van der Waals surface area contributed by atoms with E-state index in [1.54, 1.807) is 12.4 Å². The molecule has 0 radical (unpaired) electrons. The molecule has 1 atom stereocenters. The van der Waals surface area contributed by atoms with Crippen molar-refractivity contribution in [3.8, 4) is 0 Å². The molecule has 2 heterocycles. The predicted molar refractivity (Wildman–Crippen MR) is 101 cm³/mol. The number of likely N-dealkylation sites (tertiary alicyclic amines) is 1. The van der Waals surface area contributed by atoms with Gasteiger partial charge in [0.05, 0.1) is 17.4 Å². The second-order valence-corrected chi connectivity index (χ2v) is 7.40. The summed E-state index contributed by atoms with van der Waals surface area (Å²) in [5.74, 6) is 0.643. The first kappa shape index (κ1) is 17.0. The van der Waals surface area contributed by atoms with Gasteiger partial charge in [0.25, 0.3) is 5.91 Å². The number of carbonyl (C=O) groups is 1. The van der Waals surface area contributed by atoms with Crippen molar-refractivity contribution in [2.45, 2.75) is 26.7 Å². The van der Waals surface area contributed by atoms with E-state index in [1.165, 1.54) is 12.0 Å². The van der Waals surface area contributed by atoms with Crippen molar-refractivity contribution in [2.75, 3.05) is 18.4 Å². The van der Waals surface area contributed by atoms with Gasteiger partial charge in [-0.05, 0) is 49.4 Å². The molecule has 5 heteroatoms. The zero-order valence-corrected chi connectivity index (χ0v) is 15.6. The molecule has 1 aromatic carbocycles. The lowest BCUT2D eigenvalue weighted by Crippen LogP contribution is -2.39. The Morgan fingerprint density at radius 3 is 2.88 bits per heavy atom. The van der Waals surface area contributed by atoms with Gasteiger partial charge in [-0.15, -0.1) is 0 Å². The molecule has 126 valence electrons. The Hall–Kier alpha value is -1.88. The van der Waals surface area contributed by atoms with Crippen molar-refractivity contribution in [3.05, 3.63) is 52.3 Å². The van der Waals surface area contributed by atoms with Gasteiger partial charge in [0, 0.05) is 29.4 Å². The quantitative estimate of drug-likeness (QED) is 0.824. The van der Waals surface area contributed by atoms with Gasteiger partial charge in [-0.3, -0.25) is 9.78 Å². The molecule has 1 aromatic heterocycles. The average molecular weight is 388 g/mol. The van der Waals surface area contributed by atoms with Gasteiger partial charge in [0.2, 0.25) is 0 Å². The summed E-state index contributed by atoms with van der Waals surface area (Å²) in [5.41, 5.74) is 3.61. The van der Waals surface area contributed by atoms with E-state index in [0.29, 0.717) is 11.5 Å². The number of amides is 1. The number of rotatable bonds is 3. The third-order valence-electron chi connectivity index (χ3n) is 4.39. The van der Waals surface area contributed by atoms with E-state index in [0.717, 1.165) is 35.4 Å². The number of benzene rings is 1. The molecule has 1 aliphatic rings. The lowest BCUT2D eigenvalue weighted by atomic mass is 10.00. The summed E-state index contributed by atoms with van der Waals surface area (Å²) in [6.07, 6.45) is 5.67. The average Bonchev–Trinajstić information content (AvgIpc) is 2.58. The number of piperidine rings is 1. The topological polar surface area (TPSA) is 45.2 Å². The molecule has 1 N–H and O–H groups in total. The molecule has 24 heavy (non-hydrogen) atoms. The van der Waals surface area contributed by atoms with Crippen LogP contribution in [0.1, 0.15) is 35.7 Å². The van der Waals surface area contributed by atoms with Gasteiger partial charge < -0.3 is 10.2 Å².